The van der Waals surface area contributed by atoms with E-state index in [9.17, 15) is 9.59 Å². The quantitative estimate of drug-likeness (QED) is 0.550. The third kappa shape index (κ3) is 5.16. The van der Waals surface area contributed by atoms with E-state index in [2.05, 4.69) is 37.6 Å². The highest BCUT2D eigenvalue weighted by molar-refractivity contribution is 5.99. The van der Waals surface area contributed by atoms with Crippen molar-refractivity contribution in [1.29, 1.82) is 0 Å². The lowest BCUT2D eigenvalue weighted by Gasteiger charge is -2.09. The summed E-state index contributed by atoms with van der Waals surface area (Å²) >= 11 is 0. The smallest absolute Gasteiger partial charge is 0.410 e. The molecule has 2 amide bonds. The Kier molecular flexibility index (Phi) is 5.83. The lowest BCUT2D eigenvalue weighted by Crippen LogP contribution is -2.18. The van der Waals surface area contributed by atoms with Crippen LogP contribution in [0.25, 0.3) is 0 Å². The summed E-state index contributed by atoms with van der Waals surface area (Å²) in [6.07, 6.45) is 3.57. The predicted molar refractivity (Wildman–Crippen MR) is 108 cm³/mol. The summed E-state index contributed by atoms with van der Waals surface area (Å²) in [6.45, 7) is 5.29. The molecule has 3 aromatic rings. The van der Waals surface area contributed by atoms with E-state index in [0.717, 1.165) is 17.5 Å². The highest BCUT2D eigenvalue weighted by atomic mass is 16.6. The maximum atomic E-state index is 12.2. The second-order valence-corrected chi connectivity index (χ2v) is 5.89. The molecule has 10 nitrogen and oxygen atoms in total. The van der Waals surface area contributed by atoms with Crippen molar-refractivity contribution in [2.45, 2.75) is 6.92 Å². The zero-order valence-electron chi connectivity index (χ0n) is 15.8. The van der Waals surface area contributed by atoms with Gasteiger partial charge >= 0.3 is 6.09 Å². The first-order valence-corrected chi connectivity index (χ1v) is 8.55. The molecule has 0 saturated carbocycles. The normalized spacial score (nSPS) is 10.1. The molecule has 0 aliphatic heterocycles. The van der Waals surface area contributed by atoms with Crippen molar-refractivity contribution in [1.82, 2.24) is 19.7 Å². The number of aryl methyl sites for hydroxylation is 1. The standard InChI is InChI=1S/C19H19N7O3/c1-4-17(27)22-13-6-5-7-14(10-13)29-19(28)25-16-8-9-20-18(24-16)23-15-11-21-26(3)12(15)2/h4-11H,1H2,2-3H3,(H,22,27)(H2,20,23,24,25,28). The van der Waals surface area contributed by atoms with E-state index in [-0.39, 0.29) is 17.5 Å². The number of rotatable bonds is 6. The largest absolute Gasteiger partial charge is 0.418 e. The number of benzene rings is 1. The Labute approximate surface area is 166 Å². The number of carbonyl (C=O) groups is 2. The number of aromatic nitrogens is 4. The fourth-order valence-electron chi connectivity index (χ4n) is 2.30. The van der Waals surface area contributed by atoms with Crippen LogP contribution in [0.1, 0.15) is 5.69 Å². The minimum absolute atomic E-state index is 0.253. The maximum absolute atomic E-state index is 12.2. The molecule has 10 heteroatoms. The summed E-state index contributed by atoms with van der Waals surface area (Å²) in [7, 11) is 1.83. The van der Waals surface area contributed by atoms with Crippen LogP contribution in [0.4, 0.5) is 27.9 Å². The number of hydrogen-bond acceptors (Lipinski definition) is 7. The Morgan fingerprint density at radius 3 is 2.79 bits per heavy atom. The summed E-state index contributed by atoms with van der Waals surface area (Å²) in [6, 6.07) is 7.93. The Bertz CT molecular complexity index is 1060. The molecule has 2 heterocycles. The van der Waals surface area contributed by atoms with E-state index in [4.69, 9.17) is 4.74 Å². The van der Waals surface area contributed by atoms with Crippen LogP contribution >= 0.6 is 0 Å². The fraction of sp³-hybridized carbons (Fsp3) is 0.105. The van der Waals surface area contributed by atoms with Gasteiger partial charge in [0.05, 0.1) is 17.6 Å². The van der Waals surface area contributed by atoms with Gasteiger partial charge in [-0.15, -0.1) is 0 Å². The molecule has 0 aliphatic rings. The Hall–Kier alpha value is -4.21. The first-order chi connectivity index (χ1) is 13.9. The van der Waals surface area contributed by atoms with E-state index in [1.165, 1.54) is 18.3 Å². The van der Waals surface area contributed by atoms with Gasteiger partial charge in [0.2, 0.25) is 11.9 Å². The third-order valence-corrected chi connectivity index (χ3v) is 3.86. The van der Waals surface area contributed by atoms with Crippen molar-refractivity contribution in [2.24, 2.45) is 7.05 Å². The number of nitrogens with one attached hydrogen (secondary N) is 3. The molecule has 0 saturated heterocycles. The van der Waals surface area contributed by atoms with Crippen LogP contribution in [0.3, 0.4) is 0 Å². The minimum atomic E-state index is -0.737. The molecule has 29 heavy (non-hydrogen) atoms. The summed E-state index contributed by atoms with van der Waals surface area (Å²) in [5, 5.41) is 12.3. The number of ether oxygens (including phenoxy) is 1. The number of nitrogens with zero attached hydrogens (tertiary/aromatic N) is 4. The Morgan fingerprint density at radius 1 is 1.24 bits per heavy atom. The van der Waals surface area contributed by atoms with Crippen molar-refractivity contribution >= 4 is 35.1 Å². The van der Waals surface area contributed by atoms with Gasteiger partial charge in [0.15, 0.2) is 0 Å². The number of amides is 2. The average molecular weight is 393 g/mol. The van der Waals surface area contributed by atoms with Crippen LogP contribution in [0.2, 0.25) is 0 Å². The number of anilines is 4. The second kappa shape index (κ2) is 8.65. The van der Waals surface area contributed by atoms with Crippen LogP contribution in [0.15, 0.2) is 55.4 Å². The van der Waals surface area contributed by atoms with Gasteiger partial charge in [0, 0.05) is 25.0 Å². The minimum Gasteiger partial charge on any atom is -0.410 e. The molecule has 0 unspecified atom stereocenters. The summed E-state index contributed by atoms with van der Waals surface area (Å²) in [5.41, 5.74) is 2.14. The molecule has 0 radical (unpaired) electrons. The molecule has 0 aliphatic carbocycles. The van der Waals surface area contributed by atoms with Crippen molar-refractivity contribution in [3.05, 3.63) is 61.1 Å². The predicted octanol–water partition coefficient (Wildman–Crippen LogP) is 3.00. The Balaban J connectivity index is 1.64. The van der Waals surface area contributed by atoms with Crippen LogP contribution in [-0.4, -0.2) is 31.7 Å². The maximum Gasteiger partial charge on any atom is 0.418 e. The molecule has 0 atom stereocenters. The molecular formula is C19H19N7O3. The van der Waals surface area contributed by atoms with E-state index in [1.54, 1.807) is 29.1 Å². The van der Waals surface area contributed by atoms with Gasteiger partial charge in [-0.25, -0.2) is 9.78 Å². The number of hydrogen-bond donors (Lipinski definition) is 3. The number of carbonyl (C=O) groups excluding carboxylic acids is 2. The van der Waals surface area contributed by atoms with E-state index >= 15 is 0 Å². The lowest BCUT2D eigenvalue weighted by atomic mass is 10.3. The van der Waals surface area contributed by atoms with Crippen molar-refractivity contribution in [3.8, 4) is 5.75 Å². The molecule has 3 N–H and O–H groups in total. The fourth-order valence-corrected chi connectivity index (χ4v) is 2.30. The van der Waals surface area contributed by atoms with Crippen molar-refractivity contribution < 1.29 is 14.3 Å². The summed E-state index contributed by atoms with van der Waals surface area (Å²) in [5.74, 6) is 0.442. The van der Waals surface area contributed by atoms with Gasteiger partial charge in [0.25, 0.3) is 0 Å². The second-order valence-electron chi connectivity index (χ2n) is 5.89. The van der Waals surface area contributed by atoms with Gasteiger partial charge in [-0.2, -0.15) is 10.1 Å². The van der Waals surface area contributed by atoms with Crippen LogP contribution in [0, 0.1) is 6.92 Å². The average Bonchev–Trinajstić information content (AvgIpc) is 3.00. The lowest BCUT2D eigenvalue weighted by molar-refractivity contribution is -0.111. The first-order valence-electron chi connectivity index (χ1n) is 8.55. The van der Waals surface area contributed by atoms with Crippen LogP contribution in [-0.2, 0) is 11.8 Å². The SMILES string of the molecule is C=CC(=O)Nc1cccc(OC(=O)Nc2ccnc(Nc3cnn(C)c3C)n2)c1. The van der Waals surface area contributed by atoms with Gasteiger partial charge in [0.1, 0.15) is 11.6 Å². The molecular weight excluding hydrogens is 374 g/mol. The van der Waals surface area contributed by atoms with Crippen molar-refractivity contribution in [3.63, 3.8) is 0 Å². The van der Waals surface area contributed by atoms with Crippen molar-refractivity contribution in [2.75, 3.05) is 16.0 Å². The molecule has 148 valence electrons. The Morgan fingerprint density at radius 2 is 2.07 bits per heavy atom. The highest BCUT2D eigenvalue weighted by Gasteiger charge is 2.10. The molecule has 1 aromatic carbocycles. The molecule has 0 fully saturated rings. The van der Waals surface area contributed by atoms with E-state index in [1.807, 2.05) is 14.0 Å². The van der Waals surface area contributed by atoms with Crippen LogP contribution < -0.4 is 20.7 Å². The zero-order chi connectivity index (χ0) is 20.8. The van der Waals surface area contributed by atoms with Gasteiger partial charge in [-0.3, -0.25) is 14.8 Å². The first kappa shape index (κ1) is 19.5. The zero-order valence-corrected chi connectivity index (χ0v) is 15.8. The third-order valence-electron chi connectivity index (χ3n) is 3.86. The molecule has 3 rings (SSSR count). The van der Waals surface area contributed by atoms with E-state index < -0.39 is 6.09 Å². The summed E-state index contributed by atoms with van der Waals surface area (Å²) < 4.78 is 6.95. The summed E-state index contributed by atoms with van der Waals surface area (Å²) in [4.78, 5) is 31.9. The molecule has 2 aromatic heterocycles. The van der Waals surface area contributed by atoms with E-state index in [0.29, 0.717) is 11.6 Å². The monoisotopic (exact) mass is 393 g/mol. The molecule has 0 bridgehead atoms. The van der Waals surface area contributed by atoms with Gasteiger partial charge < -0.3 is 15.4 Å². The highest BCUT2D eigenvalue weighted by Crippen LogP contribution is 2.19. The van der Waals surface area contributed by atoms with Gasteiger partial charge in [-0.1, -0.05) is 12.6 Å². The van der Waals surface area contributed by atoms with Crippen LogP contribution in [0.5, 0.6) is 5.75 Å². The van der Waals surface area contributed by atoms with Gasteiger partial charge in [-0.05, 0) is 31.2 Å². The molecule has 0 spiro atoms. The topological polar surface area (TPSA) is 123 Å².